The van der Waals surface area contributed by atoms with Gasteiger partial charge in [0, 0.05) is 26.6 Å². The first-order valence-electron chi connectivity index (χ1n) is 4.60. The van der Waals surface area contributed by atoms with Gasteiger partial charge in [-0.1, -0.05) is 0 Å². The highest BCUT2D eigenvalue weighted by Gasteiger charge is 2.04. The van der Waals surface area contributed by atoms with Crippen molar-refractivity contribution in [2.45, 2.75) is 6.61 Å². The number of rotatable bonds is 3. The molecule has 0 aliphatic carbocycles. The van der Waals surface area contributed by atoms with E-state index in [1.165, 1.54) is 0 Å². The Balaban J connectivity index is 2.32. The van der Waals surface area contributed by atoms with Crippen molar-refractivity contribution in [3.8, 4) is 11.5 Å². The van der Waals surface area contributed by atoms with Crippen molar-refractivity contribution in [1.29, 1.82) is 0 Å². The minimum atomic E-state index is 0.488. The minimum Gasteiger partial charge on any atom is -0.378 e. The zero-order valence-electron chi connectivity index (χ0n) is 8.71. The number of aryl methyl sites for hydroxylation is 1. The second-order valence-corrected chi connectivity index (χ2v) is 3.18. The Bertz CT molecular complexity index is 452. The highest BCUT2D eigenvalue weighted by atomic mass is 16.5. The summed E-state index contributed by atoms with van der Waals surface area (Å²) in [6.45, 7) is 0.488. The Hall–Kier alpha value is -1.75. The van der Waals surface area contributed by atoms with E-state index in [0.29, 0.717) is 12.4 Å². The maximum atomic E-state index is 5.01. The van der Waals surface area contributed by atoms with Crippen LogP contribution in [-0.2, 0) is 18.4 Å². The van der Waals surface area contributed by atoms with Crippen LogP contribution in [0.25, 0.3) is 11.5 Å². The molecule has 0 aliphatic rings. The van der Waals surface area contributed by atoms with E-state index < -0.39 is 0 Å². The van der Waals surface area contributed by atoms with E-state index in [1.807, 2.05) is 25.4 Å². The molecular formula is C10H12N4O. The van der Waals surface area contributed by atoms with Gasteiger partial charge in [-0.05, 0) is 12.1 Å². The fourth-order valence-electron chi connectivity index (χ4n) is 1.28. The van der Waals surface area contributed by atoms with Gasteiger partial charge in [-0.2, -0.15) is 5.10 Å². The van der Waals surface area contributed by atoms with Crippen LogP contribution >= 0.6 is 0 Å². The maximum Gasteiger partial charge on any atom is 0.180 e. The number of nitrogens with zero attached hydrogens (tertiary/aromatic N) is 4. The quantitative estimate of drug-likeness (QED) is 0.749. The third-order valence-corrected chi connectivity index (χ3v) is 1.95. The normalized spacial score (nSPS) is 10.5. The van der Waals surface area contributed by atoms with Crippen LogP contribution in [0.15, 0.2) is 24.5 Å². The fourth-order valence-corrected chi connectivity index (χ4v) is 1.28. The number of methoxy groups -OCH3 is 1. The summed E-state index contributed by atoms with van der Waals surface area (Å²) in [5, 5.41) is 4.23. The molecule has 15 heavy (non-hydrogen) atoms. The smallest absolute Gasteiger partial charge is 0.180 e. The van der Waals surface area contributed by atoms with Gasteiger partial charge in [0.2, 0.25) is 0 Å². The molecule has 2 aromatic heterocycles. The molecule has 5 heteroatoms. The fraction of sp³-hybridized carbons (Fsp3) is 0.300. The maximum absolute atomic E-state index is 5.01. The molecule has 0 aromatic carbocycles. The summed E-state index contributed by atoms with van der Waals surface area (Å²) in [6.07, 6.45) is 3.58. The molecule has 5 nitrogen and oxygen atoms in total. The lowest BCUT2D eigenvalue weighted by Crippen LogP contribution is -1.97. The molecule has 0 N–H and O–H groups in total. The van der Waals surface area contributed by atoms with Crippen molar-refractivity contribution in [3.05, 3.63) is 30.2 Å². The van der Waals surface area contributed by atoms with Gasteiger partial charge < -0.3 is 4.74 Å². The third-order valence-electron chi connectivity index (χ3n) is 1.95. The van der Waals surface area contributed by atoms with Crippen LogP contribution in [0.5, 0.6) is 0 Å². The van der Waals surface area contributed by atoms with E-state index in [-0.39, 0.29) is 0 Å². The Morgan fingerprint density at radius 3 is 2.93 bits per heavy atom. The van der Waals surface area contributed by atoms with E-state index >= 15 is 0 Å². The van der Waals surface area contributed by atoms with Crippen molar-refractivity contribution in [2.75, 3.05) is 7.11 Å². The molecule has 0 spiro atoms. The van der Waals surface area contributed by atoms with Crippen LogP contribution in [0.2, 0.25) is 0 Å². The summed E-state index contributed by atoms with van der Waals surface area (Å²) in [6, 6.07) is 3.71. The molecule has 0 bridgehead atoms. The second-order valence-electron chi connectivity index (χ2n) is 3.18. The van der Waals surface area contributed by atoms with Crippen LogP contribution in [0, 0.1) is 0 Å². The van der Waals surface area contributed by atoms with Gasteiger partial charge in [0.15, 0.2) is 5.82 Å². The van der Waals surface area contributed by atoms with Gasteiger partial charge in [-0.3, -0.25) is 4.68 Å². The van der Waals surface area contributed by atoms with Crippen molar-refractivity contribution in [1.82, 2.24) is 19.7 Å². The lowest BCUT2D eigenvalue weighted by atomic mass is 10.3. The topological polar surface area (TPSA) is 52.8 Å². The zero-order valence-corrected chi connectivity index (χ0v) is 8.71. The van der Waals surface area contributed by atoms with E-state index in [1.54, 1.807) is 18.0 Å². The number of aromatic nitrogens is 4. The Morgan fingerprint density at radius 2 is 2.27 bits per heavy atom. The van der Waals surface area contributed by atoms with Gasteiger partial charge >= 0.3 is 0 Å². The standard InChI is InChI=1S/C10H12N4O/c1-14-6-4-9(13-14)10-11-5-3-8(12-10)7-15-2/h3-6H,7H2,1-2H3. The molecule has 0 saturated heterocycles. The first kappa shape index (κ1) is 9.79. The molecule has 2 heterocycles. The third kappa shape index (κ3) is 2.19. The first-order valence-corrected chi connectivity index (χ1v) is 4.60. The summed E-state index contributed by atoms with van der Waals surface area (Å²) < 4.78 is 6.73. The molecule has 0 amide bonds. The molecule has 0 fully saturated rings. The zero-order chi connectivity index (χ0) is 10.7. The largest absolute Gasteiger partial charge is 0.378 e. The number of ether oxygens (including phenoxy) is 1. The first-order chi connectivity index (χ1) is 7.29. The van der Waals surface area contributed by atoms with Crippen molar-refractivity contribution in [3.63, 3.8) is 0 Å². The summed E-state index contributed by atoms with van der Waals surface area (Å²) in [7, 11) is 3.51. The summed E-state index contributed by atoms with van der Waals surface area (Å²) in [4.78, 5) is 8.50. The molecular weight excluding hydrogens is 192 g/mol. The number of hydrogen-bond donors (Lipinski definition) is 0. The van der Waals surface area contributed by atoms with Crippen molar-refractivity contribution in [2.24, 2.45) is 7.05 Å². The lowest BCUT2D eigenvalue weighted by Gasteiger charge is -2.00. The van der Waals surface area contributed by atoms with Gasteiger partial charge in [-0.15, -0.1) is 0 Å². The Morgan fingerprint density at radius 1 is 1.40 bits per heavy atom. The van der Waals surface area contributed by atoms with Crippen LogP contribution < -0.4 is 0 Å². The average molecular weight is 204 g/mol. The van der Waals surface area contributed by atoms with Gasteiger partial charge in [0.25, 0.3) is 0 Å². The highest BCUT2D eigenvalue weighted by Crippen LogP contribution is 2.11. The molecule has 2 aromatic rings. The van der Waals surface area contributed by atoms with Gasteiger partial charge in [0.1, 0.15) is 5.69 Å². The Labute approximate surface area is 87.7 Å². The van der Waals surface area contributed by atoms with Crippen molar-refractivity contribution >= 4 is 0 Å². The number of hydrogen-bond acceptors (Lipinski definition) is 4. The molecule has 78 valence electrons. The van der Waals surface area contributed by atoms with Crippen LogP contribution in [0.3, 0.4) is 0 Å². The average Bonchev–Trinajstić information content (AvgIpc) is 2.66. The van der Waals surface area contributed by atoms with Crippen LogP contribution in [0.1, 0.15) is 5.69 Å². The van der Waals surface area contributed by atoms with E-state index in [4.69, 9.17) is 4.74 Å². The predicted octanol–water partition coefficient (Wildman–Crippen LogP) is 1.02. The molecule has 2 rings (SSSR count). The van der Waals surface area contributed by atoms with E-state index in [0.717, 1.165) is 11.4 Å². The van der Waals surface area contributed by atoms with Crippen LogP contribution in [0.4, 0.5) is 0 Å². The van der Waals surface area contributed by atoms with Crippen LogP contribution in [-0.4, -0.2) is 26.9 Å². The van der Waals surface area contributed by atoms with E-state index in [2.05, 4.69) is 15.1 Å². The Kier molecular flexibility index (Phi) is 2.73. The SMILES string of the molecule is COCc1ccnc(-c2ccn(C)n2)n1. The molecule has 0 aliphatic heterocycles. The molecule has 0 atom stereocenters. The summed E-state index contributed by atoms with van der Waals surface area (Å²) >= 11 is 0. The minimum absolute atomic E-state index is 0.488. The molecule has 0 radical (unpaired) electrons. The van der Waals surface area contributed by atoms with E-state index in [9.17, 15) is 0 Å². The van der Waals surface area contributed by atoms with Gasteiger partial charge in [-0.25, -0.2) is 9.97 Å². The van der Waals surface area contributed by atoms with Crippen molar-refractivity contribution < 1.29 is 4.74 Å². The molecule has 0 saturated carbocycles. The highest BCUT2D eigenvalue weighted by molar-refractivity contribution is 5.47. The second kappa shape index (κ2) is 4.18. The monoisotopic (exact) mass is 204 g/mol. The van der Waals surface area contributed by atoms with Gasteiger partial charge in [0.05, 0.1) is 12.3 Å². The predicted molar refractivity (Wildman–Crippen MR) is 54.9 cm³/mol. The summed E-state index contributed by atoms with van der Waals surface area (Å²) in [5.74, 6) is 0.630. The molecule has 0 unspecified atom stereocenters. The summed E-state index contributed by atoms with van der Waals surface area (Å²) in [5.41, 5.74) is 1.63. The lowest BCUT2D eigenvalue weighted by molar-refractivity contribution is 0.181.